The Balaban J connectivity index is 2.83. The Morgan fingerprint density at radius 2 is 2.64 bits per heavy atom. The first-order valence-electron chi connectivity index (χ1n) is 2.86. The molecule has 56 valence electrons. The first-order valence-corrected chi connectivity index (χ1v) is 2.86. The first kappa shape index (κ1) is 7.28. The molecule has 1 aromatic heterocycles. The average Bonchev–Trinajstić information content (AvgIpc) is 2.37. The molecule has 1 aromatic rings. The lowest BCUT2D eigenvalue weighted by Crippen LogP contribution is -2.13. The normalized spacial score (nSPS) is 9.00. The molecule has 1 rings (SSSR count). The van der Waals surface area contributed by atoms with Gasteiger partial charge < -0.3 is 5.73 Å². The largest absolute Gasteiger partial charge is 0.363 e. The molecule has 0 aromatic carbocycles. The summed E-state index contributed by atoms with van der Waals surface area (Å²) < 4.78 is 1.36. The maximum atomic E-state index is 10.5. The number of terminal acetylenes is 1. The van der Waals surface area contributed by atoms with Crippen molar-refractivity contribution in [3.05, 3.63) is 12.2 Å². The molecule has 1 heterocycles. The number of nitrogens with zero attached hydrogens (tertiary/aromatic N) is 3. The molecule has 0 unspecified atom stereocenters. The standard InChI is InChI=1S/C6H6N4O/c1-2-3-10-4-8-6(9-10)5(7)11/h1,4H,3H2,(H2,7,11). The highest BCUT2D eigenvalue weighted by molar-refractivity contribution is 5.88. The van der Waals surface area contributed by atoms with Crippen LogP contribution in [0.2, 0.25) is 0 Å². The zero-order valence-corrected chi connectivity index (χ0v) is 5.69. The van der Waals surface area contributed by atoms with Crippen molar-refractivity contribution in [1.82, 2.24) is 14.8 Å². The number of carbonyl (C=O) groups excluding carboxylic acids is 1. The first-order chi connectivity index (χ1) is 5.24. The van der Waals surface area contributed by atoms with E-state index in [1.807, 2.05) is 0 Å². The van der Waals surface area contributed by atoms with Crippen LogP contribution in [0.3, 0.4) is 0 Å². The number of carbonyl (C=O) groups is 1. The second-order valence-corrected chi connectivity index (χ2v) is 1.83. The highest BCUT2D eigenvalue weighted by Crippen LogP contribution is 1.86. The zero-order valence-electron chi connectivity index (χ0n) is 5.69. The molecule has 2 N–H and O–H groups in total. The van der Waals surface area contributed by atoms with Gasteiger partial charge in [-0.25, -0.2) is 9.67 Å². The maximum absolute atomic E-state index is 10.5. The molecule has 5 nitrogen and oxygen atoms in total. The summed E-state index contributed by atoms with van der Waals surface area (Å²) in [6.07, 6.45) is 6.35. The van der Waals surface area contributed by atoms with Crippen molar-refractivity contribution < 1.29 is 4.79 Å². The summed E-state index contributed by atoms with van der Waals surface area (Å²) in [6.45, 7) is 0.292. The fraction of sp³-hybridized carbons (Fsp3) is 0.167. The van der Waals surface area contributed by atoms with E-state index in [9.17, 15) is 4.79 Å². The third-order valence-corrected chi connectivity index (χ3v) is 1.01. The molecule has 0 saturated carbocycles. The van der Waals surface area contributed by atoms with Crippen LogP contribution in [0.1, 0.15) is 10.6 Å². The number of rotatable bonds is 2. The molecule has 0 aliphatic heterocycles. The summed E-state index contributed by atoms with van der Waals surface area (Å²) in [4.78, 5) is 14.1. The molecule has 5 heteroatoms. The van der Waals surface area contributed by atoms with E-state index >= 15 is 0 Å². The summed E-state index contributed by atoms with van der Waals surface area (Å²) in [5.41, 5.74) is 4.89. The molecule has 0 aliphatic rings. The second-order valence-electron chi connectivity index (χ2n) is 1.83. The van der Waals surface area contributed by atoms with Gasteiger partial charge in [-0.3, -0.25) is 4.79 Å². The molecule has 0 aliphatic carbocycles. The van der Waals surface area contributed by atoms with Crippen LogP contribution in [0.5, 0.6) is 0 Å². The second kappa shape index (κ2) is 2.84. The number of aromatic nitrogens is 3. The minimum Gasteiger partial charge on any atom is -0.363 e. The van der Waals surface area contributed by atoms with Crippen molar-refractivity contribution in [2.24, 2.45) is 5.73 Å². The lowest BCUT2D eigenvalue weighted by molar-refractivity contribution is 0.0990. The van der Waals surface area contributed by atoms with Crippen LogP contribution in [-0.2, 0) is 6.54 Å². The zero-order chi connectivity index (χ0) is 8.27. The maximum Gasteiger partial charge on any atom is 0.288 e. The lowest BCUT2D eigenvalue weighted by Gasteiger charge is -1.87. The molecule has 0 bridgehead atoms. The Kier molecular flexibility index (Phi) is 1.88. The average molecular weight is 150 g/mol. The van der Waals surface area contributed by atoms with Crippen LogP contribution in [0.4, 0.5) is 0 Å². The van der Waals surface area contributed by atoms with Crippen molar-refractivity contribution in [3.63, 3.8) is 0 Å². The number of hydrogen-bond donors (Lipinski definition) is 1. The van der Waals surface area contributed by atoms with Crippen molar-refractivity contribution in [2.45, 2.75) is 6.54 Å². The Bertz CT molecular complexity index is 309. The van der Waals surface area contributed by atoms with E-state index in [0.29, 0.717) is 6.54 Å². The van der Waals surface area contributed by atoms with Crippen molar-refractivity contribution in [2.75, 3.05) is 0 Å². The predicted molar refractivity (Wildman–Crippen MR) is 37.4 cm³/mol. The molecule has 0 atom stereocenters. The van der Waals surface area contributed by atoms with Gasteiger partial charge in [0, 0.05) is 0 Å². The van der Waals surface area contributed by atoms with Gasteiger partial charge >= 0.3 is 0 Å². The van der Waals surface area contributed by atoms with E-state index in [1.165, 1.54) is 11.0 Å². The number of amides is 1. The van der Waals surface area contributed by atoms with E-state index in [0.717, 1.165) is 0 Å². The third kappa shape index (κ3) is 1.55. The van der Waals surface area contributed by atoms with Gasteiger partial charge in [0.2, 0.25) is 5.82 Å². The van der Waals surface area contributed by atoms with E-state index in [-0.39, 0.29) is 5.82 Å². The topological polar surface area (TPSA) is 73.8 Å². The minimum absolute atomic E-state index is 0.0137. The van der Waals surface area contributed by atoms with Crippen LogP contribution >= 0.6 is 0 Å². The highest BCUT2D eigenvalue weighted by Gasteiger charge is 2.04. The van der Waals surface area contributed by atoms with Crippen molar-refractivity contribution >= 4 is 5.91 Å². The van der Waals surface area contributed by atoms with E-state index in [1.54, 1.807) is 0 Å². The van der Waals surface area contributed by atoms with Gasteiger partial charge in [-0.15, -0.1) is 11.5 Å². The van der Waals surface area contributed by atoms with Crippen LogP contribution in [0.25, 0.3) is 0 Å². The van der Waals surface area contributed by atoms with Gasteiger partial charge in [-0.05, 0) is 0 Å². The lowest BCUT2D eigenvalue weighted by atomic mass is 10.6. The Morgan fingerprint density at radius 1 is 1.91 bits per heavy atom. The molecule has 0 spiro atoms. The van der Waals surface area contributed by atoms with Crippen LogP contribution in [0, 0.1) is 12.3 Å². The highest BCUT2D eigenvalue weighted by atomic mass is 16.1. The van der Waals surface area contributed by atoms with Gasteiger partial charge in [-0.2, -0.15) is 0 Å². The smallest absolute Gasteiger partial charge is 0.288 e. The molecule has 11 heavy (non-hydrogen) atoms. The molecule has 1 amide bonds. The van der Waals surface area contributed by atoms with Gasteiger partial charge in [-0.1, -0.05) is 5.92 Å². The van der Waals surface area contributed by atoms with Gasteiger partial charge in [0.1, 0.15) is 12.9 Å². The quantitative estimate of drug-likeness (QED) is 0.550. The number of primary amides is 1. The molecular formula is C6H6N4O. The summed E-state index contributed by atoms with van der Waals surface area (Å²) in [5.74, 6) is 1.68. The number of nitrogens with two attached hydrogens (primary N) is 1. The van der Waals surface area contributed by atoms with E-state index in [2.05, 4.69) is 16.0 Å². The Labute approximate surface area is 63.2 Å². The SMILES string of the molecule is C#CCn1cnc(C(N)=O)n1. The van der Waals surface area contributed by atoms with Crippen LogP contribution in [-0.4, -0.2) is 20.7 Å². The summed E-state index contributed by atoms with van der Waals surface area (Å²) in [6, 6.07) is 0. The Hall–Kier alpha value is -1.83. The minimum atomic E-state index is -0.652. The van der Waals surface area contributed by atoms with Crippen LogP contribution < -0.4 is 5.73 Å². The van der Waals surface area contributed by atoms with Crippen LogP contribution in [0.15, 0.2) is 6.33 Å². The number of hydrogen-bond acceptors (Lipinski definition) is 3. The van der Waals surface area contributed by atoms with E-state index < -0.39 is 5.91 Å². The molecule has 0 fully saturated rings. The monoisotopic (exact) mass is 150 g/mol. The predicted octanol–water partition coefficient (Wildman–Crippen LogP) is -0.990. The summed E-state index contributed by atoms with van der Waals surface area (Å²) in [7, 11) is 0. The molecule has 0 radical (unpaired) electrons. The third-order valence-electron chi connectivity index (χ3n) is 1.01. The van der Waals surface area contributed by atoms with E-state index in [4.69, 9.17) is 12.2 Å². The van der Waals surface area contributed by atoms with Gasteiger partial charge in [0.25, 0.3) is 5.91 Å². The van der Waals surface area contributed by atoms with Gasteiger partial charge in [0.15, 0.2) is 0 Å². The van der Waals surface area contributed by atoms with Gasteiger partial charge in [0.05, 0.1) is 0 Å². The molecule has 0 saturated heterocycles. The molecular weight excluding hydrogens is 144 g/mol. The fourth-order valence-corrected chi connectivity index (χ4v) is 0.577. The fourth-order valence-electron chi connectivity index (χ4n) is 0.577. The summed E-state index contributed by atoms with van der Waals surface area (Å²) >= 11 is 0. The van der Waals surface area contributed by atoms with Crippen molar-refractivity contribution in [3.8, 4) is 12.3 Å². The van der Waals surface area contributed by atoms with Crippen molar-refractivity contribution in [1.29, 1.82) is 0 Å². The summed E-state index contributed by atoms with van der Waals surface area (Å²) in [5, 5.41) is 3.69. The Morgan fingerprint density at radius 3 is 3.09 bits per heavy atom.